The van der Waals surface area contributed by atoms with E-state index in [0.29, 0.717) is 24.1 Å². The second-order valence-corrected chi connectivity index (χ2v) is 6.01. The molecule has 3 heterocycles. The summed E-state index contributed by atoms with van der Waals surface area (Å²) in [4.78, 5) is 42.5. The van der Waals surface area contributed by atoms with E-state index in [-0.39, 0.29) is 11.5 Å². The van der Waals surface area contributed by atoms with E-state index in [0.717, 1.165) is 30.5 Å². The van der Waals surface area contributed by atoms with Crippen LogP contribution >= 0.6 is 0 Å². The average Bonchev–Trinajstić information content (AvgIpc) is 3.00. The standard InChI is InChI=1S/C15H21N5O3/c1-17-13-12(14(22)18(2)15(17)23)20(10-16-13)9-6-11(21)19-7-4-3-5-8-19/h10H,3-9H2,1-2H3. The topological polar surface area (TPSA) is 82.1 Å². The molecule has 0 bridgehead atoms. The van der Waals surface area contributed by atoms with Gasteiger partial charge in [0.2, 0.25) is 5.91 Å². The van der Waals surface area contributed by atoms with Crippen LogP contribution in [0.5, 0.6) is 0 Å². The molecule has 1 fully saturated rings. The minimum absolute atomic E-state index is 0.105. The largest absolute Gasteiger partial charge is 0.343 e. The van der Waals surface area contributed by atoms with Crippen LogP contribution in [0.3, 0.4) is 0 Å². The van der Waals surface area contributed by atoms with Crippen LogP contribution in [0.15, 0.2) is 15.9 Å². The minimum Gasteiger partial charge on any atom is -0.343 e. The molecular weight excluding hydrogens is 298 g/mol. The molecule has 1 amide bonds. The maximum Gasteiger partial charge on any atom is 0.332 e. The zero-order chi connectivity index (χ0) is 16.6. The van der Waals surface area contributed by atoms with Crippen molar-refractivity contribution in [2.45, 2.75) is 32.2 Å². The Labute approximate surface area is 132 Å². The lowest BCUT2D eigenvalue weighted by molar-refractivity contribution is -0.132. The molecule has 124 valence electrons. The van der Waals surface area contributed by atoms with Gasteiger partial charge in [-0.1, -0.05) is 0 Å². The number of piperidine rings is 1. The Kier molecular flexibility index (Phi) is 4.06. The van der Waals surface area contributed by atoms with Gasteiger partial charge in [0.25, 0.3) is 5.56 Å². The van der Waals surface area contributed by atoms with E-state index in [4.69, 9.17) is 0 Å². The van der Waals surface area contributed by atoms with Crippen LogP contribution in [0.25, 0.3) is 11.2 Å². The van der Waals surface area contributed by atoms with Crippen molar-refractivity contribution in [3.63, 3.8) is 0 Å². The van der Waals surface area contributed by atoms with Gasteiger partial charge in [0, 0.05) is 40.2 Å². The van der Waals surface area contributed by atoms with Gasteiger partial charge in [-0.05, 0) is 19.3 Å². The highest BCUT2D eigenvalue weighted by atomic mass is 16.2. The highest BCUT2D eigenvalue weighted by molar-refractivity contribution is 5.76. The predicted octanol–water partition coefficient (Wildman–Crippen LogP) is -0.164. The second kappa shape index (κ2) is 6.02. The van der Waals surface area contributed by atoms with Gasteiger partial charge in [-0.2, -0.15) is 0 Å². The number of likely N-dealkylation sites (tertiary alicyclic amines) is 1. The summed E-state index contributed by atoms with van der Waals surface area (Å²) in [6, 6.07) is 0. The first-order valence-electron chi connectivity index (χ1n) is 7.89. The van der Waals surface area contributed by atoms with Crippen LogP contribution in [-0.4, -0.2) is 42.6 Å². The lowest BCUT2D eigenvalue weighted by Crippen LogP contribution is -2.38. The van der Waals surface area contributed by atoms with E-state index in [2.05, 4.69) is 4.98 Å². The number of aromatic nitrogens is 4. The number of hydrogen-bond donors (Lipinski definition) is 0. The Hall–Kier alpha value is -2.38. The van der Waals surface area contributed by atoms with Gasteiger partial charge in [0.15, 0.2) is 11.2 Å². The van der Waals surface area contributed by atoms with Gasteiger partial charge in [-0.15, -0.1) is 0 Å². The molecule has 0 aliphatic carbocycles. The fourth-order valence-corrected chi connectivity index (χ4v) is 3.08. The van der Waals surface area contributed by atoms with E-state index in [1.807, 2.05) is 4.90 Å². The van der Waals surface area contributed by atoms with Crippen LogP contribution in [0.2, 0.25) is 0 Å². The fraction of sp³-hybridized carbons (Fsp3) is 0.600. The van der Waals surface area contributed by atoms with Crippen molar-refractivity contribution < 1.29 is 4.79 Å². The number of hydrogen-bond acceptors (Lipinski definition) is 4. The number of nitrogens with zero attached hydrogens (tertiary/aromatic N) is 5. The van der Waals surface area contributed by atoms with E-state index < -0.39 is 5.69 Å². The summed E-state index contributed by atoms with van der Waals surface area (Å²) in [5, 5.41) is 0. The Balaban J connectivity index is 1.85. The maximum absolute atomic E-state index is 12.3. The van der Waals surface area contributed by atoms with Crippen molar-refractivity contribution in [3.05, 3.63) is 27.2 Å². The third kappa shape index (κ3) is 2.69. The summed E-state index contributed by atoms with van der Waals surface area (Å²) < 4.78 is 4.08. The molecule has 0 spiro atoms. The van der Waals surface area contributed by atoms with Gasteiger partial charge in [0.1, 0.15) is 0 Å². The van der Waals surface area contributed by atoms with Gasteiger partial charge < -0.3 is 9.47 Å². The van der Waals surface area contributed by atoms with Crippen molar-refractivity contribution in [3.8, 4) is 0 Å². The van der Waals surface area contributed by atoms with E-state index in [9.17, 15) is 14.4 Å². The fourth-order valence-electron chi connectivity index (χ4n) is 3.08. The van der Waals surface area contributed by atoms with Crippen LogP contribution < -0.4 is 11.2 Å². The van der Waals surface area contributed by atoms with E-state index in [1.54, 1.807) is 11.6 Å². The zero-order valence-corrected chi connectivity index (χ0v) is 13.5. The SMILES string of the molecule is Cn1c(=O)c2c(ncn2CCC(=O)N2CCCCC2)n(C)c1=O. The zero-order valence-electron chi connectivity index (χ0n) is 13.5. The number of carbonyl (C=O) groups is 1. The number of fused-ring (bicyclic) bond motifs is 1. The number of aryl methyl sites for hydroxylation is 2. The molecule has 8 heteroatoms. The maximum atomic E-state index is 12.3. The minimum atomic E-state index is -0.405. The lowest BCUT2D eigenvalue weighted by atomic mass is 10.1. The smallest absolute Gasteiger partial charge is 0.332 e. The number of imidazole rings is 1. The third-order valence-corrected chi connectivity index (χ3v) is 4.49. The normalized spacial score (nSPS) is 15.3. The first kappa shape index (κ1) is 15.5. The summed E-state index contributed by atoms with van der Waals surface area (Å²) in [6.45, 7) is 2.03. The molecule has 1 aliphatic rings. The van der Waals surface area contributed by atoms with Crippen molar-refractivity contribution >= 4 is 17.1 Å². The molecule has 0 saturated carbocycles. The first-order valence-corrected chi connectivity index (χ1v) is 7.89. The summed E-state index contributed by atoms with van der Waals surface area (Å²) in [5.74, 6) is 0.105. The van der Waals surface area contributed by atoms with Crippen LogP contribution in [0.1, 0.15) is 25.7 Å². The highest BCUT2D eigenvalue weighted by Crippen LogP contribution is 2.11. The van der Waals surface area contributed by atoms with Gasteiger partial charge in [0.05, 0.1) is 6.33 Å². The summed E-state index contributed by atoms with van der Waals surface area (Å²) in [6.07, 6.45) is 5.15. The molecule has 1 aliphatic heterocycles. The van der Waals surface area contributed by atoms with Gasteiger partial charge in [-0.25, -0.2) is 9.78 Å². The van der Waals surface area contributed by atoms with Gasteiger partial charge in [-0.3, -0.25) is 18.7 Å². The van der Waals surface area contributed by atoms with Crippen molar-refractivity contribution in [2.24, 2.45) is 14.1 Å². The molecule has 1 saturated heterocycles. The molecule has 23 heavy (non-hydrogen) atoms. The average molecular weight is 319 g/mol. The molecule has 0 unspecified atom stereocenters. The summed E-state index contributed by atoms with van der Waals surface area (Å²) >= 11 is 0. The lowest BCUT2D eigenvalue weighted by Gasteiger charge is -2.26. The third-order valence-electron chi connectivity index (χ3n) is 4.49. The molecule has 3 rings (SSSR count). The Morgan fingerprint density at radius 1 is 1.13 bits per heavy atom. The summed E-state index contributed by atoms with van der Waals surface area (Å²) in [7, 11) is 3.03. The molecule has 2 aromatic rings. The van der Waals surface area contributed by atoms with Crippen molar-refractivity contribution in [2.75, 3.05) is 13.1 Å². The van der Waals surface area contributed by atoms with E-state index in [1.165, 1.54) is 24.4 Å². The van der Waals surface area contributed by atoms with Crippen LogP contribution in [0, 0.1) is 0 Å². The molecule has 8 nitrogen and oxygen atoms in total. The quantitative estimate of drug-likeness (QED) is 0.787. The first-order chi connectivity index (χ1) is 11.0. The Bertz CT molecular complexity index is 854. The van der Waals surface area contributed by atoms with E-state index >= 15 is 0 Å². The molecule has 0 aromatic carbocycles. The molecule has 0 N–H and O–H groups in total. The highest BCUT2D eigenvalue weighted by Gasteiger charge is 2.18. The molecule has 0 radical (unpaired) electrons. The molecule has 0 atom stereocenters. The molecule has 2 aromatic heterocycles. The van der Waals surface area contributed by atoms with Crippen LogP contribution in [-0.2, 0) is 25.4 Å². The van der Waals surface area contributed by atoms with Crippen molar-refractivity contribution in [1.82, 2.24) is 23.6 Å². The monoisotopic (exact) mass is 319 g/mol. The summed E-state index contributed by atoms with van der Waals surface area (Å²) in [5.41, 5.74) is -0.0762. The second-order valence-electron chi connectivity index (χ2n) is 6.01. The number of carbonyl (C=O) groups excluding carboxylic acids is 1. The predicted molar refractivity (Wildman–Crippen MR) is 85.3 cm³/mol. The number of amides is 1. The van der Waals surface area contributed by atoms with Crippen LogP contribution in [0.4, 0.5) is 0 Å². The number of rotatable bonds is 3. The molecular formula is C15H21N5O3. The Morgan fingerprint density at radius 3 is 2.52 bits per heavy atom. The Morgan fingerprint density at radius 2 is 1.83 bits per heavy atom. The van der Waals surface area contributed by atoms with Gasteiger partial charge >= 0.3 is 5.69 Å². The van der Waals surface area contributed by atoms with Crippen molar-refractivity contribution in [1.29, 1.82) is 0 Å².